The average molecular weight is 485 g/mol. The van der Waals surface area contributed by atoms with Crippen molar-refractivity contribution in [1.29, 1.82) is 0 Å². The Kier molecular flexibility index (Phi) is 7.82. The number of nitrogens with zero attached hydrogens (tertiary/aromatic N) is 2. The number of nitrogens with one attached hydrogen (secondary N) is 2. The summed E-state index contributed by atoms with van der Waals surface area (Å²) in [6, 6.07) is 8.68. The quantitative estimate of drug-likeness (QED) is 0.218. The molecule has 1 aliphatic rings. The summed E-state index contributed by atoms with van der Waals surface area (Å²) in [5.74, 6) is -0.690. The van der Waals surface area contributed by atoms with Crippen molar-refractivity contribution in [3.05, 3.63) is 56.7 Å². The minimum absolute atomic E-state index is 0.00999. The van der Waals surface area contributed by atoms with Gasteiger partial charge in [-0.05, 0) is 49.8 Å². The van der Waals surface area contributed by atoms with E-state index in [1.165, 1.54) is 22.2 Å². The summed E-state index contributed by atoms with van der Waals surface area (Å²) >= 11 is 2.85. The molecule has 0 radical (unpaired) electrons. The first-order chi connectivity index (χ1) is 16.1. The Morgan fingerprint density at radius 2 is 1.91 bits per heavy atom. The fraction of sp³-hybridized carbons (Fsp3) is 0.417. The van der Waals surface area contributed by atoms with E-state index in [0.29, 0.717) is 17.3 Å². The maximum absolute atomic E-state index is 13.5. The SMILES string of the molecule is CCCCCn1c(SCC(=O)NNC(=O)c2ccccc2)nc2sc3c(c2c1=O)CCCC3. The Balaban J connectivity index is 1.49. The first-order valence-electron chi connectivity index (χ1n) is 11.4. The fourth-order valence-corrected chi connectivity index (χ4v) is 6.13. The van der Waals surface area contributed by atoms with Crippen LogP contribution in [0.3, 0.4) is 0 Å². The topological polar surface area (TPSA) is 93.1 Å². The molecule has 0 bridgehead atoms. The molecule has 2 N–H and O–H groups in total. The van der Waals surface area contributed by atoms with Gasteiger partial charge in [-0.15, -0.1) is 11.3 Å². The van der Waals surface area contributed by atoms with Crippen molar-refractivity contribution in [3.8, 4) is 0 Å². The van der Waals surface area contributed by atoms with Crippen molar-refractivity contribution in [2.75, 3.05) is 5.75 Å². The lowest BCUT2D eigenvalue weighted by molar-refractivity contribution is -0.119. The van der Waals surface area contributed by atoms with Crippen LogP contribution in [-0.4, -0.2) is 27.1 Å². The molecular weight excluding hydrogens is 456 g/mol. The van der Waals surface area contributed by atoms with E-state index in [-0.39, 0.29) is 23.1 Å². The number of hydrogen-bond acceptors (Lipinski definition) is 6. The van der Waals surface area contributed by atoms with Crippen molar-refractivity contribution in [3.63, 3.8) is 0 Å². The molecule has 4 rings (SSSR count). The van der Waals surface area contributed by atoms with Gasteiger partial charge in [0.15, 0.2) is 5.16 Å². The monoisotopic (exact) mass is 484 g/mol. The van der Waals surface area contributed by atoms with Gasteiger partial charge >= 0.3 is 0 Å². The third-order valence-corrected chi connectivity index (χ3v) is 7.87. The van der Waals surface area contributed by atoms with Crippen LogP contribution in [0.1, 0.15) is 59.8 Å². The largest absolute Gasteiger partial charge is 0.287 e. The Morgan fingerprint density at radius 3 is 2.70 bits per heavy atom. The van der Waals surface area contributed by atoms with Gasteiger partial charge in [-0.3, -0.25) is 29.8 Å². The molecule has 0 saturated carbocycles. The zero-order valence-corrected chi connectivity index (χ0v) is 20.3. The van der Waals surface area contributed by atoms with Crippen LogP contribution in [0.5, 0.6) is 0 Å². The number of aryl methyl sites for hydroxylation is 2. The van der Waals surface area contributed by atoms with Gasteiger partial charge in [0, 0.05) is 17.0 Å². The molecule has 174 valence electrons. The van der Waals surface area contributed by atoms with Gasteiger partial charge in [0.2, 0.25) is 5.91 Å². The molecular formula is C24H28N4O3S2. The summed E-state index contributed by atoms with van der Waals surface area (Å²) in [4.78, 5) is 44.8. The number of hydrogen-bond donors (Lipinski definition) is 2. The van der Waals surface area contributed by atoms with Crippen molar-refractivity contribution in [2.24, 2.45) is 0 Å². The second-order valence-corrected chi connectivity index (χ2v) is 10.1. The van der Waals surface area contributed by atoms with E-state index in [1.54, 1.807) is 40.2 Å². The molecule has 1 aromatic carbocycles. The Bertz CT molecular complexity index is 1200. The van der Waals surface area contributed by atoms with Crippen molar-refractivity contribution < 1.29 is 9.59 Å². The Labute approximate surface area is 201 Å². The molecule has 0 saturated heterocycles. The summed E-state index contributed by atoms with van der Waals surface area (Å²) in [6.07, 6.45) is 7.20. The fourth-order valence-electron chi connectivity index (χ4n) is 4.00. The van der Waals surface area contributed by atoms with Gasteiger partial charge in [-0.25, -0.2) is 4.98 Å². The number of rotatable bonds is 8. The lowest BCUT2D eigenvalue weighted by Gasteiger charge is -2.13. The van der Waals surface area contributed by atoms with E-state index in [4.69, 9.17) is 4.98 Å². The van der Waals surface area contributed by atoms with Crippen LogP contribution in [0.15, 0.2) is 40.3 Å². The zero-order chi connectivity index (χ0) is 23.2. The summed E-state index contributed by atoms with van der Waals surface area (Å²) < 4.78 is 1.74. The molecule has 0 atom stereocenters. The molecule has 33 heavy (non-hydrogen) atoms. The van der Waals surface area contributed by atoms with Gasteiger partial charge in [0.05, 0.1) is 11.1 Å². The molecule has 0 unspecified atom stereocenters. The van der Waals surface area contributed by atoms with Crippen LogP contribution in [0.2, 0.25) is 0 Å². The number of unbranched alkanes of at least 4 members (excludes halogenated alkanes) is 2. The van der Waals surface area contributed by atoms with Gasteiger partial charge in [0.25, 0.3) is 11.5 Å². The van der Waals surface area contributed by atoms with Gasteiger partial charge < -0.3 is 0 Å². The lowest BCUT2D eigenvalue weighted by atomic mass is 9.97. The molecule has 0 fully saturated rings. The number of carbonyl (C=O) groups excluding carboxylic acids is 2. The summed E-state index contributed by atoms with van der Waals surface area (Å²) in [5, 5.41) is 1.34. The first-order valence-corrected chi connectivity index (χ1v) is 13.2. The molecule has 0 spiro atoms. The predicted octanol–water partition coefficient (Wildman–Crippen LogP) is 4.08. The highest BCUT2D eigenvalue weighted by Gasteiger charge is 2.22. The third-order valence-electron chi connectivity index (χ3n) is 5.71. The van der Waals surface area contributed by atoms with Gasteiger partial charge in [-0.2, -0.15) is 0 Å². The van der Waals surface area contributed by atoms with E-state index in [9.17, 15) is 14.4 Å². The number of benzene rings is 1. The summed E-state index contributed by atoms with van der Waals surface area (Å²) in [6.45, 7) is 2.72. The van der Waals surface area contributed by atoms with Crippen molar-refractivity contribution >= 4 is 45.1 Å². The predicted molar refractivity (Wildman–Crippen MR) is 133 cm³/mol. The third kappa shape index (κ3) is 5.47. The van der Waals surface area contributed by atoms with Gasteiger partial charge in [0.1, 0.15) is 4.83 Å². The standard InChI is InChI=1S/C24H28N4O3S2/c1-2-3-9-14-28-23(31)20-17-12-7-8-13-18(17)33-22(20)25-24(28)32-15-19(29)26-27-21(30)16-10-5-4-6-11-16/h4-6,10-11H,2-3,7-9,12-15H2,1H3,(H,26,29)(H,27,30). The van der Waals surface area contributed by atoms with Crippen LogP contribution in [0, 0.1) is 0 Å². The number of amides is 2. The second kappa shape index (κ2) is 11.0. The number of aromatic nitrogens is 2. The Hall–Kier alpha value is -2.65. The number of carbonyl (C=O) groups is 2. The maximum atomic E-state index is 13.5. The van der Waals surface area contributed by atoms with E-state index in [2.05, 4.69) is 17.8 Å². The molecule has 3 aromatic rings. The number of thiophene rings is 1. The normalized spacial score (nSPS) is 13.0. The minimum atomic E-state index is -0.380. The number of thioether (sulfide) groups is 1. The lowest BCUT2D eigenvalue weighted by Crippen LogP contribution is -2.42. The number of hydrazine groups is 1. The van der Waals surface area contributed by atoms with E-state index in [0.717, 1.165) is 55.2 Å². The first kappa shape index (κ1) is 23.5. The van der Waals surface area contributed by atoms with Crippen LogP contribution in [0.25, 0.3) is 10.2 Å². The van der Waals surface area contributed by atoms with Crippen LogP contribution < -0.4 is 16.4 Å². The molecule has 0 aliphatic heterocycles. The molecule has 2 aromatic heterocycles. The minimum Gasteiger partial charge on any atom is -0.287 e. The van der Waals surface area contributed by atoms with Gasteiger partial charge in [-0.1, -0.05) is 49.7 Å². The summed E-state index contributed by atoms with van der Waals surface area (Å²) in [7, 11) is 0. The average Bonchev–Trinajstić information content (AvgIpc) is 3.22. The second-order valence-electron chi connectivity index (χ2n) is 8.11. The van der Waals surface area contributed by atoms with Crippen LogP contribution >= 0.6 is 23.1 Å². The molecule has 2 amide bonds. The van der Waals surface area contributed by atoms with E-state index in [1.807, 2.05) is 6.07 Å². The highest BCUT2D eigenvalue weighted by molar-refractivity contribution is 7.99. The zero-order valence-electron chi connectivity index (χ0n) is 18.7. The van der Waals surface area contributed by atoms with Crippen LogP contribution in [-0.2, 0) is 24.2 Å². The Morgan fingerprint density at radius 1 is 1.12 bits per heavy atom. The van der Waals surface area contributed by atoms with E-state index < -0.39 is 0 Å². The highest BCUT2D eigenvalue weighted by atomic mass is 32.2. The van der Waals surface area contributed by atoms with E-state index >= 15 is 0 Å². The van der Waals surface area contributed by atoms with Crippen molar-refractivity contribution in [1.82, 2.24) is 20.4 Å². The maximum Gasteiger partial charge on any atom is 0.269 e. The smallest absolute Gasteiger partial charge is 0.269 e. The van der Waals surface area contributed by atoms with Crippen LogP contribution in [0.4, 0.5) is 0 Å². The van der Waals surface area contributed by atoms with Crippen molar-refractivity contribution in [2.45, 2.75) is 63.6 Å². The highest BCUT2D eigenvalue weighted by Crippen LogP contribution is 2.34. The number of fused-ring (bicyclic) bond motifs is 3. The molecule has 2 heterocycles. The molecule has 9 heteroatoms. The molecule has 7 nitrogen and oxygen atoms in total. The summed E-state index contributed by atoms with van der Waals surface area (Å²) in [5.41, 5.74) is 6.52. The molecule has 1 aliphatic carbocycles.